The Morgan fingerprint density at radius 2 is 1.90 bits per heavy atom. The van der Waals surface area contributed by atoms with Gasteiger partial charge >= 0.3 is 0 Å². The molecule has 0 aromatic heterocycles. The minimum Gasteiger partial charge on any atom is -0.374 e. The summed E-state index contributed by atoms with van der Waals surface area (Å²) in [6.07, 6.45) is 5.94. The highest BCUT2D eigenvalue weighted by atomic mass is 16.5. The van der Waals surface area contributed by atoms with Crippen molar-refractivity contribution in [1.82, 2.24) is 15.1 Å². The van der Waals surface area contributed by atoms with Crippen molar-refractivity contribution in [2.75, 3.05) is 45.9 Å². The largest absolute Gasteiger partial charge is 0.374 e. The maximum Gasteiger partial charge on any atom is 0.0829 e. The minimum absolute atomic E-state index is 0.420. The number of morpholine rings is 1. The van der Waals surface area contributed by atoms with Crippen molar-refractivity contribution < 1.29 is 4.74 Å². The van der Waals surface area contributed by atoms with Gasteiger partial charge in [0.2, 0.25) is 0 Å². The predicted molar refractivity (Wildman–Crippen MR) is 86.6 cm³/mol. The van der Waals surface area contributed by atoms with Crippen LogP contribution in [-0.2, 0) is 4.74 Å². The third-order valence-corrected chi connectivity index (χ3v) is 5.35. The number of nitrogens with one attached hydrogen (secondary N) is 1. The molecule has 4 heteroatoms. The van der Waals surface area contributed by atoms with E-state index in [1.807, 2.05) is 0 Å². The Bertz CT molecular complexity index is 313. The van der Waals surface area contributed by atoms with Gasteiger partial charge in [-0.25, -0.2) is 0 Å². The van der Waals surface area contributed by atoms with Crippen molar-refractivity contribution >= 4 is 0 Å². The molecule has 2 saturated heterocycles. The molecule has 21 heavy (non-hydrogen) atoms. The molecule has 1 atom stereocenters. The molecular weight excluding hydrogens is 262 g/mol. The van der Waals surface area contributed by atoms with E-state index in [0.717, 1.165) is 38.2 Å². The SMILES string of the molecule is CC(C)N1CCOC(CN(CC2CCNCC2)C2CC2)C1. The maximum atomic E-state index is 6.06. The Morgan fingerprint density at radius 3 is 2.57 bits per heavy atom. The topological polar surface area (TPSA) is 27.7 Å². The lowest BCUT2D eigenvalue weighted by molar-refractivity contribution is -0.0549. The van der Waals surface area contributed by atoms with Gasteiger partial charge in [0.25, 0.3) is 0 Å². The van der Waals surface area contributed by atoms with Crippen LogP contribution in [0.4, 0.5) is 0 Å². The van der Waals surface area contributed by atoms with Crippen LogP contribution in [0.1, 0.15) is 39.5 Å². The number of piperidine rings is 1. The molecule has 4 nitrogen and oxygen atoms in total. The molecule has 2 heterocycles. The first-order valence-electron chi connectivity index (χ1n) is 9.03. The van der Waals surface area contributed by atoms with Gasteiger partial charge in [-0.2, -0.15) is 0 Å². The summed E-state index contributed by atoms with van der Waals surface area (Å²) < 4.78 is 6.06. The standard InChI is InChI=1S/C17H33N3O/c1-14(2)19-9-10-21-17(12-19)13-20(16-3-4-16)11-15-5-7-18-8-6-15/h14-18H,3-13H2,1-2H3. The van der Waals surface area contributed by atoms with E-state index < -0.39 is 0 Å². The highest BCUT2D eigenvalue weighted by Gasteiger charge is 2.34. The van der Waals surface area contributed by atoms with Crippen LogP contribution < -0.4 is 5.32 Å². The molecular formula is C17H33N3O. The molecule has 0 aromatic carbocycles. The third-order valence-electron chi connectivity index (χ3n) is 5.35. The molecule has 1 aliphatic carbocycles. The Hall–Kier alpha value is -0.160. The van der Waals surface area contributed by atoms with Gasteiger partial charge in [0.15, 0.2) is 0 Å². The zero-order chi connectivity index (χ0) is 14.7. The summed E-state index contributed by atoms with van der Waals surface area (Å²) in [5.41, 5.74) is 0. The number of hydrogen-bond acceptors (Lipinski definition) is 4. The lowest BCUT2D eigenvalue weighted by Gasteiger charge is -2.39. The maximum absolute atomic E-state index is 6.06. The Morgan fingerprint density at radius 1 is 1.14 bits per heavy atom. The van der Waals surface area contributed by atoms with E-state index in [1.165, 1.54) is 45.3 Å². The summed E-state index contributed by atoms with van der Waals surface area (Å²) in [7, 11) is 0. The van der Waals surface area contributed by atoms with Crippen LogP contribution in [0.5, 0.6) is 0 Å². The van der Waals surface area contributed by atoms with Crippen molar-refractivity contribution in [1.29, 1.82) is 0 Å². The number of nitrogens with zero attached hydrogens (tertiary/aromatic N) is 2. The highest BCUT2D eigenvalue weighted by Crippen LogP contribution is 2.29. The minimum atomic E-state index is 0.420. The Kier molecular flexibility index (Phi) is 5.54. The van der Waals surface area contributed by atoms with Crippen LogP contribution in [0.25, 0.3) is 0 Å². The Balaban J connectivity index is 1.50. The third kappa shape index (κ3) is 4.65. The lowest BCUT2D eigenvalue weighted by atomic mass is 9.97. The predicted octanol–water partition coefficient (Wildman–Crippen LogP) is 1.56. The normalized spacial score (nSPS) is 29.4. The second-order valence-corrected chi connectivity index (χ2v) is 7.46. The van der Waals surface area contributed by atoms with Gasteiger partial charge in [-0.05, 0) is 58.5 Å². The monoisotopic (exact) mass is 295 g/mol. The summed E-state index contributed by atoms with van der Waals surface area (Å²) in [6.45, 7) is 12.6. The fourth-order valence-corrected chi connectivity index (χ4v) is 3.79. The molecule has 3 rings (SSSR count). The van der Waals surface area contributed by atoms with E-state index in [-0.39, 0.29) is 0 Å². The smallest absolute Gasteiger partial charge is 0.0829 e. The molecule has 3 aliphatic rings. The first-order chi connectivity index (χ1) is 10.2. The average molecular weight is 295 g/mol. The fraction of sp³-hybridized carbons (Fsp3) is 1.00. The molecule has 3 fully saturated rings. The number of hydrogen-bond donors (Lipinski definition) is 1. The summed E-state index contributed by atoms with van der Waals surface area (Å²) in [6, 6.07) is 1.51. The second kappa shape index (κ2) is 7.40. The summed E-state index contributed by atoms with van der Waals surface area (Å²) in [5.74, 6) is 0.900. The van der Waals surface area contributed by atoms with Gasteiger partial charge in [-0.1, -0.05) is 0 Å². The van der Waals surface area contributed by atoms with Crippen LogP contribution >= 0.6 is 0 Å². The molecule has 0 bridgehead atoms. The first-order valence-corrected chi connectivity index (χ1v) is 9.03. The van der Waals surface area contributed by atoms with E-state index in [0.29, 0.717) is 12.1 Å². The molecule has 1 unspecified atom stereocenters. The van der Waals surface area contributed by atoms with Crippen molar-refractivity contribution in [2.45, 2.75) is 57.7 Å². The first kappa shape index (κ1) is 15.7. The highest BCUT2D eigenvalue weighted by molar-refractivity contribution is 4.89. The zero-order valence-corrected chi connectivity index (χ0v) is 13.9. The van der Waals surface area contributed by atoms with Crippen molar-refractivity contribution in [3.8, 4) is 0 Å². The molecule has 1 N–H and O–H groups in total. The second-order valence-electron chi connectivity index (χ2n) is 7.46. The summed E-state index contributed by atoms with van der Waals surface area (Å²) in [4.78, 5) is 5.33. The molecule has 0 aromatic rings. The molecule has 0 radical (unpaired) electrons. The van der Waals surface area contributed by atoms with Crippen LogP contribution in [0, 0.1) is 5.92 Å². The molecule has 122 valence electrons. The van der Waals surface area contributed by atoms with Crippen LogP contribution in [0.2, 0.25) is 0 Å². The van der Waals surface area contributed by atoms with Gasteiger partial charge in [-0.3, -0.25) is 9.80 Å². The van der Waals surface area contributed by atoms with E-state index in [2.05, 4.69) is 29.0 Å². The molecule has 0 spiro atoms. The van der Waals surface area contributed by atoms with E-state index in [4.69, 9.17) is 4.74 Å². The number of ether oxygens (including phenoxy) is 1. The summed E-state index contributed by atoms with van der Waals surface area (Å²) in [5, 5.41) is 3.48. The van der Waals surface area contributed by atoms with Gasteiger partial charge in [0.05, 0.1) is 12.7 Å². The van der Waals surface area contributed by atoms with Gasteiger partial charge in [0, 0.05) is 38.3 Å². The van der Waals surface area contributed by atoms with Gasteiger partial charge in [0.1, 0.15) is 0 Å². The van der Waals surface area contributed by atoms with E-state index in [1.54, 1.807) is 0 Å². The van der Waals surface area contributed by atoms with Gasteiger partial charge < -0.3 is 10.1 Å². The summed E-state index contributed by atoms with van der Waals surface area (Å²) >= 11 is 0. The van der Waals surface area contributed by atoms with Crippen LogP contribution in [0.3, 0.4) is 0 Å². The fourth-order valence-electron chi connectivity index (χ4n) is 3.79. The van der Waals surface area contributed by atoms with Crippen LogP contribution in [-0.4, -0.2) is 73.9 Å². The van der Waals surface area contributed by atoms with E-state index in [9.17, 15) is 0 Å². The van der Waals surface area contributed by atoms with Crippen molar-refractivity contribution in [3.05, 3.63) is 0 Å². The molecule has 1 saturated carbocycles. The van der Waals surface area contributed by atoms with Crippen molar-refractivity contribution in [2.24, 2.45) is 5.92 Å². The molecule has 2 aliphatic heterocycles. The average Bonchev–Trinajstić information content (AvgIpc) is 3.33. The lowest BCUT2D eigenvalue weighted by Crippen LogP contribution is -2.51. The van der Waals surface area contributed by atoms with Crippen molar-refractivity contribution in [3.63, 3.8) is 0 Å². The van der Waals surface area contributed by atoms with Gasteiger partial charge in [-0.15, -0.1) is 0 Å². The number of rotatable bonds is 6. The molecule has 0 amide bonds. The van der Waals surface area contributed by atoms with Crippen LogP contribution in [0.15, 0.2) is 0 Å². The zero-order valence-electron chi connectivity index (χ0n) is 13.9. The quantitative estimate of drug-likeness (QED) is 0.805. The Labute approximate surface area is 130 Å². The van der Waals surface area contributed by atoms with E-state index >= 15 is 0 Å².